The van der Waals surface area contributed by atoms with E-state index in [1.54, 1.807) is 4.90 Å². The number of rotatable bonds is 2. The van der Waals surface area contributed by atoms with Crippen molar-refractivity contribution < 1.29 is 13.9 Å². The molecule has 3 rings (SSSR count). The largest absolute Gasteiger partial charge is 0.377 e. The molecule has 2 aromatic carbocycles. The van der Waals surface area contributed by atoms with Crippen LogP contribution in [0.5, 0.6) is 0 Å². The normalized spacial score (nSPS) is 18.5. The summed E-state index contributed by atoms with van der Waals surface area (Å²) < 4.78 is 18.5. The lowest BCUT2D eigenvalue weighted by Crippen LogP contribution is -2.43. The molecule has 3 nitrogen and oxygen atoms in total. The minimum Gasteiger partial charge on any atom is -0.377 e. The number of halogens is 1. The Bertz CT molecular complexity index is 612. The number of ether oxygens (including phenoxy) is 1. The van der Waals surface area contributed by atoms with Crippen LogP contribution >= 0.6 is 0 Å². The van der Waals surface area contributed by atoms with E-state index in [2.05, 4.69) is 0 Å². The predicted molar refractivity (Wildman–Crippen MR) is 77.4 cm³/mol. The molecule has 1 aliphatic rings. The standard InChI is InChI=1S/C17H16FNO2/c18-15-8-6-14(7-9-15)17(20)19-10-11-21-12-16(19)13-4-2-1-3-5-13/h1-9,16H,10-12H2. The van der Waals surface area contributed by atoms with Gasteiger partial charge in [0.25, 0.3) is 5.91 Å². The van der Waals surface area contributed by atoms with Gasteiger partial charge in [-0.1, -0.05) is 30.3 Å². The molecular weight excluding hydrogens is 269 g/mol. The maximum Gasteiger partial charge on any atom is 0.254 e. The monoisotopic (exact) mass is 285 g/mol. The molecule has 2 aromatic rings. The highest BCUT2D eigenvalue weighted by atomic mass is 19.1. The fourth-order valence-corrected chi connectivity index (χ4v) is 2.56. The molecule has 0 aromatic heterocycles. The van der Waals surface area contributed by atoms with Gasteiger partial charge in [0, 0.05) is 12.1 Å². The van der Waals surface area contributed by atoms with E-state index in [4.69, 9.17) is 4.74 Å². The second-order valence-electron chi connectivity index (χ2n) is 5.01. The van der Waals surface area contributed by atoms with E-state index in [9.17, 15) is 9.18 Å². The molecule has 0 saturated carbocycles. The Hall–Kier alpha value is -2.20. The number of hydrogen-bond donors (Lipinski definition) is 0. The molecule has 1 fully saturated rings. The number of amides is 1. The van der Waals surface area contributed by atoms with Crippen LogP contribution < -0.4 is 0 Å². The molecule has 0 aliphatic carbocycles. The zero-order chi connectivity index (χ0) is 14.7. The average molecular weight is 285 g/mol. The van der Waals surface area contributed by atoms with Crippen LogP contribution in [0.25, 0.3) is 0 Å². The fraction of sp³-hybridized carbons (Fsp3) is 0.235. The van der Waals surface area contributed by atoms with Gasteiger partial charge in [-0.15, -0.1) is 0 Å². The number of carbonyl (C=O) groups is 1. The van der Waals surface area contributed by atoms with Crippen LogP contribution in [0.1, 0.15) is 22.0 Å². The van der Waals surface area contributed by atoms with Crippen molar-refractivity contribution in [2.45, 2.75) is 6.04 Å². The molecule has 0 spiro atoms. The Morgan fingerprint density at radius 1 is 1.10 bits per heavy atom. The number of carbonyl (C=O) groups excluding carboxylic acids is 1. The van der Waals surface area contributed by atoms with Crippen LogP contribution in [-0.4, -0.2) is 30.6 Å². The SMILES string of the molecule is O=C(c1ccc(F)cc1)N1CCOCC1c1ccccc1. The van der Waals surface area contributed by atoms with Gasteiger partial charge in [-0.3, -0.25) is 4.79 Å². The maximum absolute atomic E-state index is 13.0. The lowest BCUT2D eigenvalue weighted by atomic mass is 10.0. The summed E-state index contributed by atoms with van der Waals surface area (Å²) in [6, 6.07) is 15.4. The van der Waals surface area contributed by atoms with Crippen molar-refractivity contribution >= 4 is 5.91 Å². The van der Waals surface area contributed by atoms with Crippen LogP contribution in [0, 0.1) is 5.82 Å². The molecular formula is C17H16FNO2. The van der Waals surface area contributed by atoms with Gasteiger partial charge in [0.2, 0.25) is 0 Å². The van der Waals surface area contributed by atoms with E-state index < -0.39 is 0 Å². The number of hydrogen-bond acceptors (Lipinski definition) is 2. The van der Waals surface area contributed by atoms with Crippen molar-refractivity contribution in [2.24, 2.45) is 0 Å². The lowest BCUT2D eigenvalue weighted by molar-refractivity contribution is -0.00269. The van der Waals surface area contributed by atoms with Crippen LogP contribution in [0.3, 0.4) is 0 Å². The van der Waals surface area contributed by atoms with Crippen LogP contribution in [0.15, 0.2) is 54.6 Å². The zero-order valence-corrected chi connectivity index (χ0v) is 11.5. The third kappa shape index (κ3) is 2.95. The van der Waals surface area contributed by atoms with E-state index in [-0.39, 0.29) is 17.8 Å². The second-order valence-corrected chi connectivity index (χ2v) is 5.01. The maximum atomic E-state index is 13.0. The first kappa shape index (κ1) is 13.8. The van der Waals surface area contributed by atoms with E-state index in [1.807, 2.05) is 30.3 Å². The first-order chi connectivity index (χ1) is 10.3. The smallest absolute Gasteiger partial charge is 0.254 e. The summed E-state index contributed by atoms with van der Waals surface area (Å²) in [5, 5.41) is 0. The predicted octanol–water partition coefficient (Wildman–Crippen LogP) is 3.04. The lowest BCUT2D eigenvalue weighted by Gasteiger charge is -2.36. The number of nitrogens with zero attached hydrogens (tertiary/aromatic N) is 1. The molecule has 0 bridgehead atoms. The van der Waals surface area contributed by atoms with Gasteiger partial charge in [0.1, 0.15) is 5.82 Å². The van der Waals surface area contributed by atoms with Crippen molar-refractivity contribution in [1.29, 1.82) is 0 Å². The zero-order valence-electron chi connectivity index (χ0n) is 11.5. The first-order valence-electron chi connectivity index (χ1n) is 6.95. The fourth-order valence-electron chi connectivity index (χ4n) is 2.56. The molecule has 1 aliphatic heterocycles. The summed E-state index contributed by atoms with van der Waals surface area (Å²) in [4.78, 5) is 14.4. The Balaban J connectivity index is 1.87. The van der Waals surface area contributed by atoms with E-state index in [0.717, 1.165) is 5.56 Å². The number of benzene rings is 2. The van der Waals surface area contributed by atoms with Gasteiger partial charge >= 0.3 is 0 Å². The molecule has 0 N–H and O–H groups in total. The minimum absolute atomic E-state index is 0.0906. The molecule has 108 valence electrons. The summed E-state index contributed by atoms with van der Waals surface area (Å²) in [7, 11) is 0. The highest BCUT2D eigenvalue weighted by molar-refractivity contribution is 5.94. The average Bonchev–Trinajstić information content (AvgIpc) is 2.56. The Morgan fingerprint density at radius 2 is 1.81 bits per heavy atom. The molecule has 0 radical (unpaired) electrons. The quantitative estimate of drug-likeness (QED) is 0.849. The first-order valence-corrected chi connectivity index (χ1v) is 6.95. The molecule has 21 heavy (non-hydrogen) atoms. The molecule has 1 atom stereocenters. The number of morpholine rings is 1. The minimum atomic E-state index is -0.340. The van der Waals surface area contributed by atoms with Crippen LogP contribution in [0.4, 0.5) is 4.39 Å². The van der Waals surface area contributed by atoms with E-state index in [1.165, 1.54) is 24.3 Å². The molecule has 1 unspecified atom stereocenters. The van der Waals surface area contributed by atoms with Crippen molar-refractivity contribution in [3.05, 3.63) is 71.5 Å². The Kier molecular flexibility index (Phi) is 3.97. The van der Waals surface area contributed by atoms with Crippen LogP contribution in [0.2, 0.25) is 0 Å². The summed E-state index contributed by atoms with van der Waals surface area (Å²) >= 11 is 0. The summed E-state index contributed by atoms with van der Waals surface area (Å²) in [5.41, 5.74) is 1.55. The molecule has 4 heteroatoms. The van der Waals surface area contributed by atoms with Crippen molar-refractivity contribution in [3.8, 4) is 0 Å². The van der Waals surface area contributed by atoms with Crippen LogP contribution in [-0.2, 0) is 4.74 Å². The van der Waals surface area contributed by atoms with Gasteiger partial charge in [-0.25, -0.2) is 4.39 Å². The highest BCUT2D eigenvalue weighted by Crippen LogP contribution is 2.25. The summed E-state index contributed by atoms with van der Waals surface area (Å²) in [5.74, 6) is -0.430. The van der Waals surface area contributed by atoms with Gasteiger partial charge in [0.05, 0.1) is 19.3 Å². The van der Waals surface area contributed by atoms with Gasteiger partial charge < -0.3 is 9.64 Å². The third-order valence-corrected chi connectivity index (χ3v) is 3.66. The molecule has 1 saturated heterocycles. The molecule has 1 amide bonds. The van der Waals surface area contributed by atoms with Gasteiger partial charge in [-0.05, 0) is 29.8 Å². The Morgan fingerprint density at radius 3 is 2.52 bits per heavy atom. The third-order valence-electron chi connectivity index (χ3n) is 3.66. The van der Waals surface area contributed by atoms with E-state index in [0.29, 0.717) is 25.3 Å². The summed E-state index contributed by atoms with van der Waals surface area (Å²) in [6.07, 6.45) is 0. The van der Waals surface area contributed by atoms with Crippen molar-refractivity contribution in [1.82, 2.24) is 4.90 Å². The summed E-state index contributed by atoms with van der Waals surface area (Å²) in [6.45, 7) is 1.54. The van der Waals surface area contributed by atoms with Gasteiger partial charge in [-0.2, -0.15) is 0 Å². The second kappa shape index (κ2) is 6.06. The van der Waals surface area contributed by atoms with Gasteiger partial charge in [0.15, 0.2) is 0 Å². The molecule has 1 heterocycles. The topological polar surface area (TPSA) is 29.5 Å². The highest BCUT2D eigenvalue weighted by Gasteiger charge is 2.29. The van der Waals surface area contributed by atoms with Crippen molar-refractivity contribution in [3.63, 3.8) is 0 Å². The Labute approximate surface area is 123 Å². The van der Waals surface area contributed by atoms with E-state index >= 15 is 0 Å². The van der Waals surface area contributed by atoms with Crippen molar-refractivity contribution in [2.75, 3.05) is 19.8 Å².